The van der Waals surface area contributed by atoms with E-state index >= 15 is 0 Å². The highest BCUT2D eigenvalue weighted by Gasteiger charge is 2.17. The molecule has 0 radical (unpaired) electrons. The first kappa shape index (κ1) is 12.8. The van der Waals surface area contributed by atoms with E-state index in [2.05, 4.69) is 0 Å². The van der Waals surface area contributed by atoms with Crippen molar-refractivity contribution >= 4 is 11.9 Å². The van der Waals surface area contributed by atoms with Gasteiger partial charge in [-0.15, -0.1) is 0 Å². The summed E-state index contributed by atoms with van der Waals surface area (Å²) in [5.41, 5.74) is 2.18. The molecule has 0 aliphatic heterocycles. The van der Waals surface area contributed by atoms with Gasteiger partial charge in [0.2, 0.25) is 0 Å². The first-order valence-electron chi connectivity index (χ1n) is 5.67. The predicted octanol–water partition coefficient (Wildman–Crippen LogP) is 3.06. The third kappa shape index (κ3) is 2.47. The van der Waals surface area contributed by atoms with Crippen LogP contribution in [0.2, 0.25) is 0 Å². The van der Waals surface area contributed by atoms with Crippen molar-refractivity contribution in [3.05, 3.63) is 59.2 Å². The lowest BCUT2D eigenvalue weighted by atomic mass is 9.96. The van der Waals surface area contributed by atoms with Crippen molar-refractivity contribution in [2.75, 3.05) is 0 Å². The lowest BCUT2D eigenvalue weighted by Gasteiger charge is -2.08. The highest BCUT2D eigenvalue weighted by atomic mass is 16.4. The van der Waals surface area contributed by atoms with E-state index in [1.54, 1.807) is 6.07 Å². The van der Waals surface area contributed by atoms with Crippen molar-refractivity contribution in [1.82, 2.24) is 0 Å². The summed E-state index contributed by atoms with van der Waals surface area (Å²) in [4.78, 5) is 22.1. The molecule has 2 rings (SSSR count). The molecule has 0 heterocycles. The Balaban J connectivity index is 2.62. The smallest absolute Gasteiger partial charge is 0.336 e. The molecule has 4 heteroatoms. The number of aromatic carboxylic acids is 2. The molecule has 0 atom stereocenters. The number of hydrogen-bond acceptors (Lipinski definition) is 2. The quantitative estimate of drug-likeness (QED) is 0.885. The van der Waals surface area contributed by atoms with Crippen LogP contribution in [-0.2, 0) is 0 Å². The molecular formula is C15H12O4. The van der Waals surface area contributed by atoms with Gasteiger partial charge in [0.15, 0.2) is 0 Å². The molecule has 0 saturated heterocycles. The van der Waals surface area contributed by atoms with Crippen molar-refractivity contribution in [3.63, 3.8) is 0 Å². The van der Waals surface area contributed by atoms with E-state index in [1.807, 2.05) is 31.2 Å². The maximum absolute atomic E-state index is 11.1. The van der Waals surface area contributed by atoms with Gasteiger partial charge < -0.3 is 10.2 Å². The summed E-state index contributed by atoms with van der Waals surface area (Å²) in [6, 6.07) is 11.9. The summed E-state index contributed by atoms with van der Waals surface area (Å²) < 4.78 is 0. The molecule has 0 spiro atoms. The highest BCUT2D eigenvalue weighted by Crippen LogP contribution is 2.25. The number of carboxylic acid groups (broad SMARTS) is 2. The molecule has 2 aromatic rings. The maximum atomic E-state index is 11.1. The van der Waals surface area contributed by atoms with Crippen molar-refractivity contribution in [2.45, 2.75) is 6.92 Å². The summed E-state index contributed by atoms with van der Waals surface area (Å²) >= 11 is 0. The van der Waals surface area contributed by atoms with Crippen LogP contribution in [-0.4, -0.2) is 22.2 Å². The van der Waals surface area contributed by atoms with Gasteiger partial charge in [0, 0.05) is 0 Å². The third-order valence-corrected chi connectivity index (χ3v) is 2.94. The van der Waals surface area contributed by atoms with Crippen LogP contribution in [0.3, 0.4) is 0 Å². The Morgan fingerprint density at radius 3 is 2.11 bits per heavy atom. The Hall–Kier alpha value is -2.62. The molecule has 4 nitrogen and oxygen atoms in total. The van der Waals surface area contributed by atoms with E-state index in [1.165, 1.54) is 12.1 Å². The molecule has 0 bridgehead atoms. The first-order valence-corrected chi connectivity index (χ1v) is 5.67. The summed E-state index contributed by atoms with van der Waals surface area (Å²) in [6.45, 7) is 1.92. The zero-order valence-electron chi connectivity index (χ0n) is 10.3. The lowest BCUT2D eigenvalue weighted by Crippen LogP contribution is -2.08. The van der Waals surface area contributed by atoms with Crippen molar-refractivity contribution in [2.24, 2.45) is 0 Å². The second kappa shape index (κ2) is 4.94. The largest absolute Gasteiger partial charge is 0.478 e. The molecule has 0 fully saturated rings. The number of carboxylic acids is 2. The Labute approximate surface area is 109 Å². The van der Waals surface area contributed by atoms with Crippen LogP contribution < -0.4 is 0 Å². The van der Waals surface area contributed by atoms with Crippen LogP contribution in [0.1, 0.15) is 26.3 Å². The molecular weight excluding hydrogens is 244 g/mol. The van der Waals surface area contributed by atoms with Gasteiger partial charge in [-0.2, -0.15) is 0 Å². The average molecular weight is 256 g/mol. The number of hydrogen-bond donors (Lipinski definition) is 2. The second-order valence-electron chi connectivity index (χ2n) is 4.19. The van der Waals surface area contributed by atoms with Crippen LogP contribution in [0.25, 0.3) is 11.1 Å². The Morgan fingerprint density at radius 2 is 1.53 bits per heavy atom. The molecule has 0 unspecified atom stereocenters. The summed E-state index contributed by atoms with van der Waals surface area (Å²) in [5.74, 6) is -2.48. The van der Waals surface area contributed by atoms with Crippen molar-refractivity contribution in [1.29, 1.82) is 0 Å². The Bertz CT molecular complexity index is 659. The Morgan fingerprint density at radius 1 is 0.895 bits per heavy atom. The molecule has 0 saturated carbocycles. The second-order valence-corrected chi connectivity index (χ2v) is 4.19. The van der Waals surface area contributed by atoms with Gasteiger partial charge in [0.1, 0.15) is 0 Å². The fourth-order valence-electron chi connectivity index (χ4n) is 1.97. The van der Waals surface area contributed by atoms with E-state index in [0.717, 1.165) is 11.1 Å². The fraction of sp³-hybridized carbons (Fsp3) is 0.0667. The zero-order chi connectivity index (χ0) is 14.0. The lowest BCUT2D eigenvalue weighted by molar-refractivity contribution is 0.0651. The van der Waals surface area contributed by atoms with Crippen molar-refractivity contribution in [3.8, 4) is 11.1 Å². The van der Waals surface area contributed by atoms with E-state index in [4.69, 9.17) is 10.2 Å². The minimum absolute atomic E-state index is 0.201. The fourth-order valence-corrected chi connectivity index (χ4v) is 1.97. The van der Waals surface area contributed by atoms with Gasteiger partial charge in [0.05, 0.1) is 11.1 Å². The van der Waals surface area contributed by atoms with Gasteiger partial charge in [-0.3, -0.25) is 0 Å². The van der Waals surface area contributed by atoms with E-state index in [0.29, 0.717) is 5.56 Å². The van der Waals surface area contributed by atoms with Crippen LogP contribution in [0.4, 0.5) is 0 Å². The normalized spacial score (nSPS) is 10.2. The minimum Gasteiger partial charge on any atom is -0.478 e. The molecule has 0 aliphatic carbocycles. The minimum atomic E-state index is -1.24. The Kier molecular flexibility index (Phi) is 3.33. The van der Waals surface area contributed by atoms with E-state index < -0.39 is 11.9 Å². The zero-order valence-corrected chi connectivity index (χ0v) is 10.3. The predicted molar refractivity (Wildman–Crippen MR) is 70.5 cm³/mol. The van der Waals surface area contributed by atoms with Crippen LogP contribution >= 0.6 is 0 Å². The van der Waals surface area contributed by atoms with Gasteiger partial charge in [-0.25, -0.2) is 9.59 Å². The third-order valence-electron chi connectivity index (χ3n) is 2.94. The summed E-state index contributed by atoms with van der Waals surface area (Å²) in [5, 5.41) is 18.1. The van der Waals surface area contributed by atoms with E-state index in [9.17, 15) is 9.59 Å². The molecule has 96 valence electrons. The molecule has 0 aliphatic rings. The van der Waals surface area contributed by atoms with Gasteiger partial charge >= 0.3 is 11.9 Å². The summed E-state index contributed by atoms with van der Waals surface area (Å²) in [7, 11) is 0. The van der Waals surface area contributed by atoms with Crippen molar-refractivity contribution < 1.29 is 19.8 Å². The van der Waals surface area contributed by atoms with Crippen LogP contribution in [0.15, 0.2) is 42.5 Å². The van der Waals surface area contributed by atoms with Gasteiger partial charge in [0.25, 0.3) is 0 Å². The average Bonchev–Trinajstić information content (AvgIpc) is 2.38. The standard InChI is InChI=1S/C15H12O4/c1-9-4-2-3-5-11(9)10-6-7-12(14(16)17)13(8-10)15(18)19/h2-8H,1H3,(H,16,17)(H,18,19). The van der Waals surface area contributed by atoms with Gasteiger partial charge in [-0.1, -0.05) is 30.3 Å². The molecule has 2 N–H and O–H groups in total. The molecule has 0 aromatic heterocycles. The number of rotatable bonds is 3. The number of aryl methyl sites for hydroxylation is 1. The molecule has 0 amide bonds. The SMILES string of the molecule is Cc1ccccc1-c1ccc(C(=O)O)c(C(=O)O)c1. The van der Waals surface area contributed by atoms with Crippen LogP contribution in [0.5, 0.6) is 0 Å². The van der Waals surface area contributed by atoms with Gasteiger partial charge in [-0.05, 0) is 35.7 Å². The van der Waals surface area contributed by atoms with Crippen LogP contribution in [0, 0.1) is 6.92 Å². The van der Waals surface area contributed by atoms with E-state index in [-0.39, 0.29) is 11.1 Å². The summed E-state index contributed by atoms with van der Waals surface area (Å²) in [6.07, 6.45) is 0. The first-order chi connectivity index (χ1) is 9.00. The number of benzene rings is 2. The number of carbonyl (C=O) groups is 2. The highest BCUT2D eigenvalue weighted by molar-refractivity contribution is 6.02. The topological polar surface area (TPSA) is 74.6 Å². The maximum Gasteiger partial charge on any atom is 0.336 e. The molecule has 19 heavy (non-hydrogen) atoms. The molecule has 2 aromatic carbocycles. The monoisotopic (exact) mass is 256 g/mol.